The first-order valence-electron chi connectivity index (χ1n) is 7.05. The molecule has 1 saturated heterocycles. The van der Waals surface area contributed by atoms with E-state index in [0.29, 0.717) is 0 Å². The van der Waals surface area contributed by atoms with Gasteiger partial charge in [-0.1, -0.05) is 6.92 Å². The molecule has 5 N–H and O–H groups in total. The van der Waals surface area contributed by atoms with Crippen molar-refractivity contribution in [2.45, 2.75) is 50.4 Å². The monoisotopic (exact) mass is 672 g/mol. The number of rotatable bonds is 5. The van der Waals surface area contributed by atoms with Gasteiger partial charge in [0.15, 0.2) is 0 Å². The Balaban J connectivity index is 0. The summed E-state index contributed by atoms with van der Waals surface area (Å²) in [6.07, 6.45) is -5.37. The van der Waals surface area contributed by atoms with Crippen LogP contribution < -0.4 is 4.02 Å². The van der Waals surface area contributed by atoms with Crippen LogP contribution in [0.5, 0.6) is 0 Å². The number of hydrogen-bond acceptors (Lipinski definition) is 7. The predicted octanol–water partition coefficient (Wildman–Crippen LogP) is -0.544. The van der Waals surface area contributed by atoms with Gasteiger partial charge in [-0.3, -0.25) is 3.07 Å². The maximum Gasteiger partial charge on any atom is 0.365 e. The van der Waals surface area contributed by atoms with Gasteiger partial charge in [0, 0.05) is 33.5 Å². The number of nitrogens with one attached hydrogen (secondary N) is 1. The standard InChI is InChI=1S/C10H17IO7.CH4N.2Ga.HI/c1-4-6(13)3-10(18-11,9(15)16)17-8(4)7(14)5(2)12;1-2;;;/h4-8,12-14H,3H2,1-2H3,(H,15,16);2H,1H3;;;1H/q;-1;;+2;/p-1/i2D;;;;. The molecule has 0 aromatic heterocycles. The summed E-state index contributed by atoms with van der Waals surface area (Å²) in [6, 6.07) is 0. The Bertz CT molecular complexity index is 375. The van der Waals surface area contributed by atoms with Gasteiger partial charge >= 0.3 is 50.8 Å². The minimum absolute atomic E-state index is 0. The summed E-state index contributed by atoms with van der Waals surface area (Å²) in [4.78, 5) is 11.2. The van der Waals surface area contributed by atoms with Gasteiger partial charge in [0.1, 0.15) is 29.1 Å². The van der Waals surface area contributed by atoms with Crippen LogP contribution in [0.2, 0.25) is 0 Å². The zero-order valence-corrected chi connectivity index (χ0v) is 21.9. The number of halogens is 2. The Morgan fingerprint density at radius 3 is 2.48 bits per heavy atom. The van der Waals surface area contributed by atoms with Gasteiger partial charge in [-0.2, -0.15) is 0 Å². The van der Waals surface area contributed by atoms with E-state index in [9.17, 15) is 20.1 Å². The summed E-state index contributed by atoms with van der Waals surface area (Å²) in [5.74, 6) is -4.10. The summed E-state index contributed by atoms with van der Waals surface area (Å²) < 4.78 is 20.2. The van der Waals surface area contributed by atoms with Crippen molar-refractivity contribution in [3.8, 4) is 0 Å². The SMILES string of the molecule is C[NH][Ga][I].[2H]CC(O)C(O)C1OC(OI)(C(=O)O)CC(O)C1C.[Ga]. The van der Waals surface area contributed by atoms with Crippen LogP contribution in [-0.2, 0) is 12.6 Å². The molecule has 6 unspecified atom stereocenters. The minimum atomic E-state index is -2.07. The fourth-order valence-electron chi connectivity index (χ4n) is 1.88. The smallest absolute Gasteiger partial charge is 0.365 e. The molecule has 0 saturated carbocycles. The summed E-state index contributed by atoms with van der Waals surface area (Å²) in [7, 11) is 1.99. The molecule has 6 atom stereocenters. The summed E-state index contributed by atoms with van der Waals surface area (Å²) in [5.41, 5.74) is 0. The molecule has 1 fully saturated rings. The second-order valence-electron chi connectivity index (χ2n) is 4.80. The van der Waals surface area contributed by atoms with E-state index in [4.69, 9.17) is 14.3 Å². The average Bonchev–Trinajstić information content (AvgIpc) is 2.55. The number of carboxylic acid groups (broad SMARTS) is 1. The van der Waals surface area contributed by atoms with Gasteiger partial charge in [0.2, 0.25) is 0 Å². The van der Waals surface area contributed by atoms with Crippen LogP contribution in [0.25, 0.3) is 0 Å². The fraction of sp³-hybridized carbons (Fsp3) is 0.909. The normalized spacial score (nSPS) is 33.2. The number of hydrogen-bond donors (Lipinski definition) is 5. The summed E-state index contributed by atoms with van der Waals surface area (Å²) >= 11 is 3.78. The molecular weight excluding hydrogens is 651 g/mol. The van der Waals surface area contributed by atoms with Crippen LogP contribution in [-0.4, -0.2) is 97.5 Å². The zero-order valence-electron chi connectivity index (χ0n) is 13.7. The molecule has 0 aliphatic carbocycles. The van der Waals surface area contributed by atoms with E-state index in [-0.39, 0.29) is 40.3 Å². The van der Waals surface area contributed by atoms with E-state index in [0.717, 1.165) is 0 Å². The van der Waals surface area contributed by atoms with Gasteiger partial charge in [-0.25, -0.2) is 4.79 Å². The van der Waals surface area contributed by atoms with Gasteiger partial charge in [-0.15, -0.1) is 0 Å². The number of aliphatic hydroxyl groups is 3. The predicted molar refractivity (Wildman–Crippen MR) is 102 cm³/mol. The van der Waals surface area contributed by atoms with E-state index in [1.807, 2.05) is 7.05 Å². The van der Waals surface area contributed by atoms with E-state index < -0.39 is 49.0 Å². The molecule has 8 nitrogen and oxygen atoms in total. The van der Waals surface area contributed by atoms with Gasteiger partial charge in [0.25, 0.3) is 5.79 Å². The third-order valence-corrected chi connectivity index (χ3v) is 7.63. The van der Waals surface area contributed by atoms with E-state index in [1.165, 1.54) is 23.0 Å². The quantitative estimate of drug-likeness (QED) is 0.195. The van der Waals surface area contributed by atoms with E-state index in [2.05, 4.69) is 23.7 Å². The summed E-state index contributed by atoms with van der Waals surface area (Å²) in [6.45, 7) is 1.10. The van der Waals surface area contributed by atoms with Crippen molar-refractivity contribution < 1.29 is 34.4 Å². The van der Waals surface area contributed by atoms with Crippen LogP contribution in [0, 0.1) is 5.92 Å². The molecule has 12 heteroatoms. The van der Waals surface area contributed by atoms with Crippen LogP contribution in [0.4, 0.5) is 0 Å². The Morgan fingerprint density at radius 2 is 2.13 bits per heavy atom. The van der Waals surface area contributed by atoms with Crippen LogP contribution in [0.3, 0.4) is 0 Å². The maximum atomic E-state index is 11.2. The topological polar surface area (TPSA) is 128 Å². The molecule has 4 radical (unpaired) electrons. The molecule has 1 aliphatic heterocycles. The van der Waals surface area contributed by atoms with Crippen molar-refractivity contribution in [2.24, 2.45) is 5.92 Å². The van der Waals surface area contributed by atoms with Crippen molar-refractivity contribution >= 4 is 82.5 Å². The van der Waals surface area contributed by atoms with Crippen molar-refractivity contribution in [3.05, 3.63) is 0 Å². The molecule has 0 amide bonds. The zero-order chi connectivity index (χ0) is 18.2. The second kappa shape index (κ2) is 13.2. The largest absolute Gasteiger partial charge is 0.477 e. The molecule has 23 heavy (non-hydrogen) atoms. The van der Waals surface area contributed by atoms with Crippen LogP contribution >= 0.6 is 42.7 Å². The molecule has 132 valence electrons. The van der Waals surface area contributed by atoms with Crippen LogP contribution in [0.15, 0.2) is 0 Å². The van der Waals surface area contributed by atoms with Crippen molar-refractivity contribution in [3.63, 3.8) is 0 Å². The molecule has 0 spiro atoms. The fourth-order valence-corrected chi connectivity index (χ4v) is 2.35. The van der Waals surface area contributed by atoms with E-state index in [1.54, 1.807) is 6.92 Å². The first kappa shape index (κ1) is 25.0. The number of aliphatic hydroxyl groups excluding tert-OH is 3. The molecule has 1 aliphatic rings. The summed E-state index contributed by atoms with van der Waals surface area (Å²) in [5, 5.41) is 38.4. The molecule has 1 rings (SSSR count). The van der Waals surface area contributed by atoms with Gasteiger partial charge in [0.05, 0.1) is 18.3 Å². The van der Waals surface area contributed by atoms with Crippen molar-refractivity contribution in [2.75, 3.05) is 7.05 Å². The first-order chi connectivity index (χ1) is 10.7. The Labute approximate surface area is 182 Å². The minimum Gasteiger partial charge on any atom is -0.477 e. The second-order valence-corrected chi connectivity index (χ2v) is 10.1. The van der Waals surface area contributed by atoms with Gasteiger partial charge < -0.3 is 25.2 Å². The van der Waals surface area contributed by atoms with E-state index >= 15 is 0 Å². The Morgan fingerprint density at radius 1 is 1.61 bits per heavy atom. The van der Waals surface area contributed by atoms with Crippen molar-refractivity contribution in [1.29, 1.82) is 0 Å². The van der Waals surface area contributed by atoms with Crippen LogP contribution in [0.1, 0.15) is 21.6 Å². The average molecular weight is 674 g/mol. The number of aliphatic carboxylic acids is 1. The Kier molecular flexibility index (Phi) is 14.3. The van der Waals surface area contributed by atoms with Crippen molar-refractivity contribution in [1.82, 2.24) is 4.02 Å². The third kappa shape index (κ3) is 8.02. The maximum absolute atomic E-state index is 11.2. The molecular formula is C11H21Ga2I2NO7. The number of carboxylic acids is 1. The number of carbonyl (C=O) groups is 1. The molecule has 0 bridgehead atoms. The Hall–Kier alpha value is 1.96. The van der Waals surface area contributed by atoms with Gasteiger partial charge in [-0.05, 0) is 6.90 Å². The first-order valence-corrected chi connectivity index (χ1v) is 15.8. The molecule has 0 aromatic rings. The number of ether oxygens (including phenoxy) is 1. The molecule has 1 heterocycles. The molecule has 0 aromatic carbocycles. The third-order valence-electron chi connectivity index (χ3n) is 3.22.